The van der Waals surface area contributed by atoms with Crippen molar-refractivity contribution in [2.24, 2.45) is 5.92 Å². The lowest BCUT2D eigenvalue weighted by Gasteiger charge is -2.31. The van der Waals surface area contributed by atoms with Crippen LogP contribution >= 0.6 is 0 Å². The van der Waals surface area contributed by atoms with Crippen molar-refractivity contribution in [3.8, 4) is 11.4 Å². The molecule has 2 aromatic rings. The fourth-order valence-corrected chi connectivity index (χ4v) is 3.41. The quantitative estimate of drug-likeness (QED) is 0.876. The van der Waals surface area contributed by atoms with Crippen molar-refractivity contribution in [1.29, 1.82) is 0 Å². The Morgan fingerprint density at radius 1 is 1.11 bits per heavy atom. The highest BCUT2D eigenvalue weighted by molar-refractivity contribution is 5.95. The number of aromatic nitrogens is 2. The highest BCUT2D eigenvalue weighted by Gasteiger charge is 2.32. The summed E-state index contributed by atoms with van der Waals surface area (Å²) in [6, 6.07) is 9.99. The van der Waals surface area contributed by atoms with Crippen molar-refractivity contribution in [1.82, 2.24) is 20.0 Å². The summed E-state index contributed by atoms with van der Waals surface area (Å²) in [6.07, 6.45) is 5.27. The molecule has 7 nitrogen and oxygen atoms in total. The van der Waals surface area contributed by atoms with E-state index in [0.717, 1.165) is 18.5 Å². The number of carbonyl (C=O) groups excluding carboxylic acids is 2. The molecule has 0 spiro atoms. The van der Waals surface area contributed by atoms with Gasteiger partial charge in [0.05, 0.1) is 19.0 Å². The zero-order valence-electron chi connectivity index (χ0n) is 15.4. The van der Waals surface area contributed by atoms with E-state index in [1.165, 1.54) is 7.11 Å². The van der Waals surface area contributed by atoms with Crippen LogP contribution in [0, 0.1) is 5.92 Å². The third kappa shape index (κ3) is 3.82. The molecular weight excluding hydrogens is 344 g/mol. The molecule has 2 heterocycles. The molecule has 1 saturated heterocycles. The predicted octanol–water partition coefficient (Wildman–Crippen LogP) is 2.01. The van der Waals surface area contributed by atoms with Gasteiger partial charge in [0.2, 0.25) is 5.91 Å². The Hall–Kier alpha value is -2.83. The minimum absolute atomic E-state index is 0.00146. The normalized spacial score (nSPS) is 17.6. The number of rotatable bonds is 5. The van der Waals surface area contributed by atoms with Gasteiger partial charge in [-0.3, -0.25) is 9.59 Å². The first-order valence-corrected chi connectivity index (χ1v) is 9.44. The van der Waals surface area contributed by atoms with Crippen LogP contribution in [0.15, 0.2) is 36.5 Å². The largest absolute Gasteiger partial charge is 0.493 e. The minimum atomic E-state index is -0.150. The molecule has 0 unspecified atom stereocenters. The van der Waals surface area contributed by atoms with Crippen LogP contribution in [-0.2, 0) is 4.79 Å². The molecule has 0 radical (unpaired) electrons. The molecule has 0 bridgehead atoms. The van der Waals surface area contributed by atoms with Crippen LogP contribution < -0.4 is 10.1 Å². The average molecular weight is 368 g/mol. The van der Waals surface area contributed by atoms with E-state index in [1.807, 2.05) is 30.3 Å². The molecule has 7 heteroatoms. The number of piperidine rings is 1. The van der Waals surface area contributed by atoms with Crippen LogP contribution in [0.1, 0.15) is 36.2 Å². The smallest absolute Gasteiger partial charge is 0.278 e. The number of methoxy groups -OCH3 is 1. The maximum Gasteiger partial charge on any atom is 0.278 e. The van der Waals surface area contributed by atoms with E-state index < -0.39 is 0 Å². The molecule has 142 valence electrons. The summed E-state index contributed by atoms with van der Waals surface area (Å²) < 4.78 is 7.03. The number of amides is 2. The number of hydrogen-bond donors (Lipinski definition) is 1. The van der Waals surface area contributed by atoms with Gasteiger partial charge in [-0.05, 0) is 37.8 Å². The molecule has 4 rings (SSSR count). The molecule has 1 aromatic carbocycles. The summed E-state index contributed by atoms with van der Waals surface area (Å²) in [6.45, 7) is 1.12. The van der Waals surface area contributed by atoms with Gasteiger partial charge in [0.15, 0.2) is 11.4 Å². The minimum Gasteiger partial charge on any atom is -0.493 e. The second kappa shape index (κ2) is 7.42. The van der Waals surface area contributed by atoms with Crippen LogP contribution in [-0.4, -0.2) is 52.7 Å². The second-order valence-electron chi connectivity index (χ2n) is 7.18. The maximum atomic E-state index is 13.0. The van der Waals surface area contributed by atoms with Gasteiger partial charge in [-0.1, -0.05) is 18.2 Å². The number of likely N-dealkylation sites (tertiary alicyclic amines) is 1. The Kier molecular flexibility index (Phi) is 4.83. The number of carbonyl (C=O) groups is 2. The van der Waals surface area contributed by atoms with E-state index >= 15 is 0 Å². The summed E-state index contributed by atoms with van der Waals surface area (Å²) in [7, 11) is 1.54. The summed E-state index contributed by atoms with van der Waals surface area (Å²) in [5, 5.41) is 7.51. The first kappa shape index (κ1) is 17.6. The molecule has 1 N–H and O–H groups in total. The molecule has 2 aliphatic rings. The lowest BCUT2D eigenvalue weighted by Crippen LogP contribution is -2.43. The summed E-state index contributed by atoms with van der Waals surface area (Å²) in [4.78, 5) is 26.9. The van der Waals surface area contributed by atoms with E-state index in [1.54, 1.807) is 15.8 Å². The number of nitrogens with one attached hydrogen (secondary N) is 1. The van der Waals surface area contributed by atoms with Gasteiger partial charge in [0.25, 0.3) is 5.91 Å². The topological polar surface area (TPSA) is 76.5 Å². The monoisotopic (exact) mass is 368 g/mol. The van der Waals surface area contributed by atoms with Gasteiger partial charge in [0, 0.05) is 25.0 Å². The van der Waals surface area contributed by atoms with Crippen molar-refractivity contribution < 1.29 is 14.3 Å². The van der Waals surface area contributed by atoms with E-state index in [9.17, 15) is 9.59 Å². The molecule has 2 amide bonds. The lowest BCUT2D eigenvalue weighted by molar-refractivity contribution is -0.126. The van der Waals surface area contributed by atoms with E-state index in [0.29, 0.717) is 43.4 Å². The number of hydrogen-bond acceptors (Lipinski definition) is 4. The highest BCUT2D eigenvalue weighted by Crippen LogP contribution is 2.25. The van der Waals surface area contributed by atoms with Crippen LogP contribution in [0.5, 0.6) is 5.75 Å². The Morgan fingerprint density at radius 2 is 1.81 bits per heavy atom. The van der Waals surface area contributed by atoms with E-state index in [2.05, 4.69) is 10.4 Å². The molecular formula is C20H24N4O3. The number of para-hydroxylation sites is 1. The van der Waals surface area contributed by atoms with E-state index in [-0.39, 0.29) is 17.7 Å². The first-order valence-electron chi connectivity index (χ1n) is 9.44. The molecule has 1 saturated carbocycles. The first-order chi connectivity index (χ1) is 13.2. The molecule has 2 fully saturated rings. The van der Waals surface area contributed by atoms with Gasteiger partial charge in [-0.2, -0.15) is 5.10 Å². The fourth-order valence-electron chi connectivity index (χ4n) is 3.41. The van der Waals surface area contributed by atoms with Crippen molar-refractivity contribution >= 4 is 11.8 Å². The van der Waals surface area contributed by atoms with Crippen LogP contribution in [0.2, 0.25) is 0 Å². The Bertz CT molecular complexity index is 821. The standard InChI is InChI=1S/C20H24N4O3/c1-27-17-13-24(16-5-3-2-4-6-16)22-18(17)20(26)23-11-9-14(10-12-23)19(25)21-15-7-8-15/h2-6,13-15H,7-12H2,1H3,(H,21,25). The Morgan fingerprint density at radius 3 is 2.44 bits per heavy atom. The second-order valence-corrected chi connectivity index (χ2v) is 7.18. The van der Waals surface area contributed by atoms with Gasteiger partial charge in [-0.15, -0.1) is 0 Å². The van der Waals surface area contributed by atoms with Crippen molar-refractivity contribution in [2.75, 3.05) is 20.2 Å². The number of ether oxygens (including phenoxy) is 1. The molecule has 1 aromatic heterocycles. The van der Waals surface area contributed by atoms with E-state index in [4.69, 9.17) is 4.74 Å². The average Bonchev–Trinajstić information content (AvgIpc) is 3.42. The zero-order chi connectivity index (χ0) is 18.8. The SMILES string of the molecule is COc1cn(-c2ccccc2)nc1C(=O)N1CCC(C(=O)NC2CC2)CC1. The predicted molar refractivity (Wildman–Crippen MR) is 99.9 cm³/mol. The third-order valence-electron chi connectivity index (χ3n) is 5.20. The third-order valence-corrected chi connectivity index (χ3v) is 5.20. The van der Waals surface area contributed by atoms with Gasteiger partial charge >= 0.3 is 0 Å². The van der Waals surface area contributed by atoms with Crippen molar-refractivity contribution in [2.45, 2.75) is 31.7 Å². The molecule has 27 heavy (non-hydrogen) atoms. The fraction of sp³-hybridized carbons (Fsp3) is 0.450. The molecule has 1 aliphatic heterocycles. The van der Waals surface area contributed by atoms with Crippen molar-refractivity contribution in [3.05, 3.63) is 42.2 Å². The molecule has 1 aliphatic carbocycles. The van der Waals surface area contributed by atoms with Gasteiger partial charge < -0.3 is 15.0 Å². The Balaban J connectivity index is 1.43. The Labute approximate surface area is 158 Å². The van der Waals surface area contributed by atoms with Gasteiger partial charge in [-0.25, -0.2) is 4.68 Å². The maximum absolute atomic E-state index is 13.0. The van der Waals surface area contributed by atoms with Crippen LogP contribution in [0.25, 0.3) is 5.69 Å². The lowest BCUT2D eigenvalue weighted by atomic mass is 9.95. The highest BCUT2D eigenvalue weighted by atomic mass is 16.5. The summed E-state index contributed by atoms with van der Waals surface area (Å²) in [5.41, 5.74) is 1.17. The molecule has 0 atom stereocenters. The van der Waals surface area contributed by atoms with Crippen LogP contribution in [0.3, 0.4) is 0 Å². The summed E-state index contributed by atoms with van der Waals surface area (Å²) >= 11 is 0. The van der Waals surface area contributed by atoms with Crippen LogP contribution in [0.4, 0.5) is 0 Å². The summed E-state index contributed by atoms with van der Waals surface area (Å²) in [5.74, 6) is 0.439. The van der Waals surface area contributed by atoms with Gasteiger partial charge in [0.1, 0.15) is 0 Å². The van der Waals surface area contributed by atoms with Crippen molar-refractivity contribution in [3.63, 3.8) is 0 Å². The zero-order valence-corrected chi connectivity index (χ0v) is 15.4. The number of nitrogens with zero attached hydrogens (tertiary/aromatic N) is 3. The number of benzene rings is 1.